The lowest BCUT2D eigenvalue weighted by Gasteiger charge is -2.19. The molecule has 10 heteroatoms. The van der Waals surface area contributed by atoms with Crippen LogP contribution in [0, 0.1) is 20.8 Å². The number of ether oxygens (including phenoxy) is 2. The number of hydrogen-bond donors (Lipinski definition) is 3. The van der Waals surface area contributed by atoms with E-state index in [2.05, 4.69) is 16.3 Å². The average molecular weight is 467 g/mol. The van der Waals surface area contributed by atoms with E-state index in [4.69, 9.17) is 20.9 Å². The van der Waals surface area contributed by atoms with Gasteiger partial charge in [-0.15, -0.1) is 0 Å². The summed E-state index contributed by atoms with van der Waals surface area (Å²) in [5.74, 6) is 0.0162. The van der Waals surface area contributed by atoms with Gasteiger partial charge in [-0.05, 0) is 64.2 Å². The molecule has 0 radical (unpaired) electrons. The van der Waals surface area contributed by atoms with Gasteiger partial charge in [-0.2, -0.15) is 0 Å². The first-order valence-corrected chi connectivity index (χ1v) is 12.0. The Morgan fingerprint density at radius 1 is 1.31 bits per heavy atom. The van der Waals surface area contributed by atoms with Crippen molar-refractivity contribution in [2.45, 2.75) is 70.4 Å². The summed E-state index contributed by atoms with van der Waals surface area (Å²) in [4.78, 5) is 15.9. The molecule has 178 valence electrons. The predicted molar refractivity (Wildman–Crippen MR) is 124 cm³/mol. The topological polar surface area (TPSA) is 146 Å². The van der Waals surface area contributed by atoms with Crippen LogP contribution in [0.25, 0.3) is 0 Å². The zero-order valence-electron chi connectivity index (χ0n) is 19.4. The van der Waals surface area contributed by atoms with Crippen LogP contribution in [-0.4, -0.2) is 45.1 Å². The smallest absolute Gasteiger partial charge is 0.323 e. The van der Waals surface area contributed by atoms with Gasteiger partial charge in [-0.1, -0.05) is 12.7 Å². The predicted octanol–water partition coefficient (Wildman–Crippen LogP) is 1.76. The Hall–Kier alpha value is -2.59. The van der Waals surface area contributed by atoms with E-state index in [0.717, 1.165) is 16.9 Å². The summed E-state index contributed by atoms with van der Waals surface area (Å²) in [6, 6.07) is -0.783. The summed E-state index contributed by atoms with van der Waals surface area (Å²) < 4.78 is 39.5. The fourth-order valence-electron chi connectivity index (χ4n) is 3.75. The van der Waals surface area contributed by atoms with Crippen molar-refractivity contribution in [3.8, 4) is 5.75 Å². The Morgan fingerprint density at radius 3 is 2.59 bits per heavy atom. The van der Waals surface area contributed by atoms with Crippen molar-refractivity contribution < 1.29 is 22.7 Å². The van der Waals surface area contributed by atoms with Crippen LogP contribution < -0.4 is 20.9 Å². The van der Waals surface area contributed by atoms with Crippen LogP contribution in [0.2, 0.25) is 0 Å². The highest BCUT2D eigenvalue weighted by molar-refractivity contribution is 7.90. The molecule has 0 spiro atoms. The zero-order chi connectivity index (χ0) is 24.3. The fraction of sp³-hybridized carbons (Fsp3) is 0.545. The Bertz CT molecular complexity index is 1030. The number of hydrogen-bond acceptors (Lipinski definition) is 7. The first-order valence-electron chi connectivity index (χ1n) is 10.5. The maximum absolute atomic E-state index is 13.1. The van der Waals surface area contributed by atoms with E-state index in [1.54, 1.807) is 13.8 Å². The zero-order valence-corrected chi connectivity index (χ0v) is 20.3. The molecule has 0 aromatic heterocycles. The Kier molecular flexibility index (Phi) is 7.95. The lowest BCUT2D eigenvalue weighted by molar-refractivity contribution is -0.144. The monoisotopic (exact) mass is 466 g/mol. The fourth-order valence-corrected chi connectivity index (χ4v) is 5.27. The van der Waals surface area contributed by atoms with Crippen LogP contribution in [0.5, 0.6) is 5.75 Å². The van der Waals surface area contributed by atoms with Gasteiger partial charge in [-0.25, -0.2) is 13.1 Å². The van der Waals surface area contributed by atoms with Crippen molar-refractivity contribution in [1.29, 1.82) is 0 Å². The van der Waals surface area contributed by atoms with Crippen LogP contribution >= 0.6 is 0 Å². The minimum absolute atomic E-state index is 0.101. The number of guanidine groups is 1. The summed E-state index contributed by atoms with van der Waals surface area (Å²) >= 11 is 0. The minimum Gasteiger partial charge on any atom is -0.487 e. The second kappa shape index (κ2) is 9.91. The molecule has 2 rings (SSSR count). The Morgan fingerprint density at radius 2 is 1.97 bits per heavy atom. The molecule has 0 amide bonds. The van der Waals surface area contributed by atoms with Crippen molar-refractivity contribution in [2.75, 3.05) is 13.2 Å². The van der Waals surface area contributed by atoms with Crippen molar-refractivity contribution in [3.63, 3.8) is 0 Å². The van der Waals surface area contributed by atoms with Crippen molar-refractivity contribution in [3.05, 3.63) is 34.9 Å². The van der Waals surface area contributed by atoms with Gasteiger partial charge in [0.2, 0.25) is 5.96 Å². The van der Waals surface area contributed by atoms with Crippen molar-refractivity contribution >= 4 is 22.0 Å². The van der Waals surface area contributed by atoms with E-state index >= 15 is 0 Å². The molecule has 0 fully saturated rings. The standard InChI is InChI=1S/C22H34N4O5S/c1-7-11-30-20(27)17(23)9-8-10-25-21(24)26-32(28,29)19-14(3)13(2)18-16(15(19)4)12-22(5,6)31-18/h7,17H,1,8-12,23H2,2-6H3,(H3,24,25,26)/t17-/m0/s1. The highest BCUT2D eigenvalue weighted by Gasteiger charge is 2.36. The maximum Gasteiger partial charge on any atom is 0.323 e. The maximum atomic E-state index is 13.1. The third-order valence-corrected chi connectivity index (χ3v) is 7.03. The molecule has 1 aromatic carbocycles. The van der Waals surface area contributed by atoms with Gasteiger partial charge in [0.1, 0.15) is 24.0 Å². The van der Waals surface area contributed by atoms with Gasteiger partial charge >= 0.3 is 5.97 Å². The molecule has 1 aliphatic heterocycles. The molecule has 0 unspecified atom stereocenters. The number of nitrogens with zero attached hydrogens (tertiary/aromatic N) is 1. The number of nitrogens with one attached hydrogen (secondary N) is 1. The molecule has 1 aliphatic rings. The number of aliphatic imine (C=N–C) groups is 1. The molecular formula is C22H34N4O5S. The summed E-state index contributed by atoms with van der Waals surface area (Å²) in [7, 11) is -3.95. The molecule has 0 aliphatic carbocycles. The van der Waals surface area contributed by atoms with Crippen LogP contribution in [0.1, 0.15) is 48.9 Å². The molecule has 5 N–H and O–H groups in total. The molecule has 1 aromatic rings. The van der Waals surface area contributed by atoms with E-state index in [-0.39, 0.29) is 29.6 Å². The summed E-state index contributed by atoms with van der Waals surface area (Å²) in [5.41, 5.74) is 14.2. The highest BCUT2D eigenvalue weighted by atomic mass is 32.2. The van der Waals surface area contributed by atoms with Gasteiger partial charge in [-0.3, -0.25) is 9.79 Å². The molecule has 0 bridgehead atoms. The Balaban J connectivity index is 2.10. The van der Waals surface area contributed by atoms with E-state index < -0.39 is 22.0 Å². The van der Waals surface area contributed by atoms with Crippen LogP contribution in [0.3, 0.4) is 0 Å². The van der Waals surface area contributed by atoms with Crippen LogP contribution in [0.4, 0.5) is 0 Å². The normalized spacial score (nSPS) is 16.1. The number of esters is 1. The lowest BCUT2D eigenvalue weighted by Crippen LogP contribution is -2.38. The number of fused-ring (bicyclic) bond motifs is 1. The summed E-state index contributed by atoms with van der Waals surface area (Å²) in [6.07, 6.45) is 2.85. The van der Waals surface area contributed by atoms with Crippen molar-refractivity contribution in [2.24, 2.45) is 16.5 Å². The van der Waals surface area contributed by atoms with E-state index in [1.807, 2.05) is 20.8 Å². The van der Waals surface area contributed by atoms with E-state index in [0.29, 0.717) is 30.4 Å². The molecule has 1 heterocycles. The number of carbonyl (C=O) groups excluding carboxylic acids is 1. The van der Waals surface area contributed by atoms with Crippen molar-refractivity contribution in [1.82, 2.24) is 4.72 Å². The second-order valence-electron chi connectivity index (χ2n) is 8.59. The number of sulfonamides is 1. The molecule has 9 nitrogen and oxygen atoms in total. The van der Waals surface area contributed by atoms with Gasteiger partial charge in [0.05, 0.1) is 4.90 Å². The summed E-state index contributed by atoms with van der Waals surface area (Å²) in [6.45, 7) is 13.1. The largest absolute Gasteiger partial charge is 0.487 e. The third-order valence-electron chi connectivity index (χ3n) is 5.40. The number of nitrogens with two attached hydrogens (primary N) is 2. The first kappa shape index (κ1) is 25.7. The Labute approximate surface area is 190 Å². The van der Waals surface area contributed by atoms with Gasteiger partial charge in [0.15, 0.2) is 0 Å². The van der Waals surface area contributed by atoms with Crippen LogP contribution in [0.15, 0.2) is 22.5 Å². The molecule has 0 saturated heterocycles. The number of rotatable bonds is 9. The molecule has 1 atom stereocenters. The lowest BCUT2D eigenvalue weighted by atomic mass is 9.94. The summed E-state index contributed by atoms with van der Waals surface area (Å²) in [5, 5.41) is 0. The second-order valence-corrected chi connectivity index (χ2v) is 10.2. The number of carbonyl (C=O) groups is 1. The molecular weight excluding hydrogens is 432 g/mol. The third kappa shape index (κ3) is 5.80. The SMILES string of the molecule is C=CCOC(=O)[C@@H](N)CCCN=C(N)NS(=O)(=O)c1c(C)c(C)c2c(c1C)CC(C)(C)O2. The highest BCUT2D eigenvalue weighted by Crippen LogP contribution is 2.43. The quantitative estimate of drug-likeness (QED) is 0.165. The first-order chi connectivity index (χ1) is 14.8. The van der Waals surface area contributed by atoms with Gasteiger partial charge < -0.3 is 20.9 Å². The molecule has 32 heavy (non-hydrogen) atoms. The number of benzene rings is 1. The average Bonchev–Trinajstić information content (AvgIpc) is 3.03. The van der Waals surface area contributed by atoms with E-state index in [1.165, 1.54) is 6.08 Å². The van der Waals surface area contributed by atoms with Gasteiger partial charge in [0.25, 0.3) is 10.0 Å². The molecule has 0 saturated carbocycles. The van der Waals surface area contributed by atoms with Gasteiger partial charge in [0, 0.05) is 18.5 Å². The minimum atomic E-state index is -3.95. The van der Waals surface area contributed by atoms with E-state index in [9.17, 15) is 13.2 Å². The van der Waals surface area contributed by atoms with Crippen LogP contribution in [-0.2, 0) is 26.0 Å².